The van der Waals surface area contributed by atoms with Crippen LogP contribution in [-0.4, -0.2) is 45.8 Å². The summed E-state index contributed by atoms with van der Waals surface area (Å²) in [6, 6.07) is -0.0894. The number of hydrogen-bond acceptors (Lipinski definition) is 3. The Morgan fingerprint density at radius 1 is 1.25 bits per heavy atom. The quantitative estimate of drug-likeness (QED) is 0.845. The van der Waals surface area contributed by atoms with Gasteiger partial charge in [-0.05, 0) is 58.8 Å². The molecule has 0 aromatic heterocycles. The van der Waals surface area contributed by atoms with Gasteiger partial charge in [0.15, 0.2) is 0 Å². The van der Waals surface area contributed by atoms with E-state index in [1.165, 1.54) is 12.8 Å². The van der Waals surface area contributed by atoms with E-state index < -0.39 is 5.97 Å². The van der Waals surface area contributed by atoms with E-state index >= 15 is 0 Å². The molecule has 0 aromatic carbocycles. The second-order valence-electron chi connectivity index (χ2n) is 8.02. The molecule has 3 aliphatic rings. The minimum atomic E-state index is -0.639. The van der Waals surface area contributed by atoms with Gasteiger partial charge < -0.3 is 9.84 Å². The van der Waals surface area contributed by atoms with Gasteiger partial charge in [0.2, 0.25) is 0 Å². The molecule has 4 atom stereocenters. The van der Waals surface area contributed by atoms with Gasteiger partial charge in [-0.1, -0.05) is 6.42 Å². The molecule has 0 spiro atoms. The summed E-state index contributed by atoms with van der Waals surface area (Å²) < 4.78 is 6.18. The number of ether oxygens (including phenoxy) is 1. The van der Waals surface area contributed by atoms with Crippen molar-refractivity contribution in [2.45, 2.75) is 76.7 Å². The standard InChI is InChI=1S/C16H27NO3/c1-15(2)8-12(16(3,4)20-15)17-9-10-6-5-7-11(10)13(17)14(18)19/h10-13H,5-9H2,1-4H3,(H,18,19). The summed E-state index contributed by atoms with van der Waals surface area (Å²) in [4.78, 5) is 14.1. The van der Waals surface area contributed by atoms with E-state index in [0.29, 0.717) is 11.8 Å². The van der Waals surface area contributed by atoms with Crippen LogP contribution in [0.4, 0.5) is 0 Å². The SMILES string of the molecule is CC1(C)CC(N2CC3CCCC3C2C(=O)O)C(C)(C)O1. The van der Waals surface area contributed by atoms with E-state index in [4.69, 9.17) is 4.74 Å². The minimum absolute atomic E-state index is 0.158. The summed E-state index contributed by atoms with van der Waals surface area (Å²) in [5, 5.41) is 9.71. The summed E-state index contributed by atoms with van der Waals surface area (Å²) >= 11 is 0. The highest BCUT2D eigenvalue weighted by Gasteiger charge is 2.56. The number of nitrogens with zero attached hydrogens (tertiary/aromatic N) is 1. The molecule has 3 fully saturated rings. The molecule has 0 radical (unpaired) electrons. The third-order valence-electron chi connectivity index (χ3n) is 5.61. The van der Waals surface area contributed by atoms with Crippen LogP contribution >= 0.6 is 0 Å². The normalized spacial score (nSPS) is 42.8. The number of carbonyl (C=O) groups is 1. The predicted octanol–water partition coefficient (Wildman–Crippen LogP) is 2.52. The molecule has 1 saturated carbocycles. The van der Waals surface area contributed by atoms with Crippen LogP contribution in [0.5, 0.6) is 0 Å². The van der Waals surface area contributed by atoms with E-state index in [1.54, 1.807) is 0 Å². The lowest BCUT2D eigenvalue weighted by atomic mass is 9.90. The molecule has 2 saturated heterocycles. The molecule has 1 N–H and O–H groups in total. The third-order valence-corrected chi connectivity index (χ3v) is 5.61. The Balaban J connectivity index is 1.88. The van der Waals surface area contributed by atoms with Crippen molar-refractivity contribution in [3.63, 3.8) is 0 Å². The van der Waals surface area contributed by atoms with Crippen LogP contribution in [0.3, 0.4) is 0 Å². The number of carboxylic acid groups (broad SMARTS) is 1. The van der Waals surface area contributed by atoms with E-state index in [2.05, 4.69) is 32.6 Å². The monoisotopic (exact) mass is 281 g/mol. The van der Waals surface area contributed by atoms with Crippen molar-refractivity contribution < 1.29 is 14.6 Å². The number of carboxylic acids is 1. The van der Waals surface area contributed by atoms with E-state index in [9.17, 15) is 9.90 Å². The van der Waals surface area contributed by atoms with Gasteiger partial charge in [0.05, 0.1) is 11.2 Å². The van der Waals surface area contributed by atoms with Gasteiger partial charge in [-0.25, -0.2) is 0 Å². The van der Waals surface area contributed by atoms with Gasteiger partial charge in [-0.3, -0.25) is 9.69 Å². The lowest BCUT2D eigenvalue weighted by molar-refractivity contribution is -0.146. The van der Waals surface area contributed by atoms with Gasteiger partial charge in [0.25, 0.3) is 0 Å². The first-order valence-electron chi connectivity index (χ1n) is 7.90. The number of hydrogen-bond donors (Lipinski definition) is 1. The second kappa shape index (κ2) is 4.44. The fourth-order valence-electron chi connectivity index (χ4n) is 5.03. The first-order valence-corrected chi connectivity index (χ1v) is 7.90. The molecular formula is C16H27NO3. The third kappa shape index (κ3) is 2.17. The number of rotatable bonds is 2. The highest BCUT2D eigenvalue weighted by Crippen LogP contribution is 2.48. The molecular weight excluding hydrogens is 254 g/mol. The Hall–Kier alpha value is -0.610. The summed E-state index contributed by atoms with van der Waals surface area (Å²) in [5.74, 6) is 0.294. The zero-order valence-electron chi connectivity index (χ0n) is 13.1. The fraction of sp³-hybridized carbons (Fsp3) is 0.938. The molecule has 0 amide bonds. The zero-order valence-corrected chi connectivity index (χ0v) is 13.1. The van der Waals surface area contributed by atoms with Crippen LogP contribution in [0.15, 0.2) is 0 Å². The van der Waals surface area contributed by atoms with Crippen molar-refractivity contribution in [3.05, 3.63) is 0 Å². The summed E-state index contributed by atoms with van der Waals surface area (Å²) in [6.07, 6.45) is 4.39. The molecule has 4 heteroatoms. The largest absolute Gasteiger partial charge is 0.480 e. The topological polar surface area (TPSA) is 49.8 Å². The Bertz CT molecular complexity index is 418. The molecule has 2 aliphatic heterocycles. The lowest BCUT2D eigenvalue weighted by Gasteiger charge is -2.37. The number of fused-ring (bicyclic) bond motifs is 1. The summed E-state index contributed by atoms with van der Waals surface area (Å²) in [7, 11) is 0. The zero-order chi connectivity index (χ0) is 14.7. The molecule has 114 valence electrons. The average Bonchev–Trinajstić information content (AvgIpc) is 2.86. The smallest absolute Gasteiger partial charge is 0.321 e. The minimum Gasteiger partial charge on any atom is -0.480 e. The molecule has 2 heterocycles. The molecule has 3 rings (SSSR count). The highest BCUT2D eigenvalue weighted by molar-refractivity contribution is 5.74. The van der Waals surface area contributed by atoms with Crippen LogP contribution in [-0.2, 0) is 9.53 Å². The van der Waals surface area contributed by atoms with Crippen LogP contribution in [0.2, 0.25) is 0 Å². The fourth-order valence-corrected chi connectivity index (χ4v) is 5.03. The Labute approximate surface area is 121 Å². The van der Waals surface area contributed by atoms with Crippen LogP contribution in [0.25, 0.3) is 0 Å². The molecule has 1 aliphatic carbocycles. The maximum Gasteiger partial charge on any atom is 0.321 e. The van der Waals surface area contributed by atoms with Gasteiger partial charge >= 0.3 is 5.97 Å². The Kier molecular flexibility index (Phi) is 3.18. The summed E-state index contributed by atoms with van der Waals surface area (Å²) in [6.45, 7) is 9.39. The summed E-state index contributed by atoms with van der Waals surface area (Å²) in [5.41, 5.74) is -0.426. The van der Waals surface area contributed by atoms with Gasteiger partial charge in [-0.15, -0.1) is 0 Å². The van der Waals surface area contributed by atoms with Gasteiger partial charge in [-0.2, -0.15) is 0 Å². The molecule has 0 aromatic rings. The van der Waals surface area contributed by atoms with Crippen molar-refractivity contribution in [2.24, 2.45) is 11.8 Å². The number of aliphatic carboxylic acids is 1. The van der Waals surface area contributed by atoms with Crippen LogP contribution in [0, 0.1) is 11.8 Å². The first-order chi connectivity index (χ1) is 9.21. The predicted molar refractivity (Wildman–Crippen MR) is 76.6 cm³/mol. The van der Waals surface area contributed by atoms with Crippen LogP contribution in [0.1, 0.15) is 53.4 Å². The van der Waals surface area contributed by atoms with Crippen molar-refractivity contribution in [2.75, 3.05) is 6.54 Å². The highest BCUT2D eigenvalue weighted by atomic mass is 16.5. The van der Waals surface area contributed by atoms with Crippen LogP contribution < -0.4 is 0 Å². The molecule has 4 nitrogen and oxygen atoms in total. The van der Waals surface area contributed by atoms with Gasteiger partial charge in [0.1, 0.15) is 6.04 Å². The molecule has 4 unspecified atom stereocenters. The van der Waals surface area contributed by atoms with Crippen molar-refractivity contribution in [1.82, 2.24) is 4.90 Å². The lowest BCUT2D eigenvalue weighted by Crippen LogP contribution is -2.52. The van der Waals surface area contributed by atoms with Crippen molar-refractivity contribution in [3.8, 4) is 0 Å². The molecule has 0 bridgehead atoms. The average molecular weight is 281 g/mol. The van der Waals surface area contributed by atoms with E-state index in [0.717, 1.165) is 19.4 Å². The first kappa shape index (κ1) is 14.3. The maximum atomic E-state index is 11.8. The van der Waals surface area contributed by atoms with Crippen molar-refractivity contribution in [1.29, 1.82) is 0 Å². The molecule has 20 heavy (non-hydrogen) atoms. The maximum absolute atomic E-state index is 11.8. The van der Waals surface area contributed by atoms with E-state index in [1.807, 2.05) is 0 Å². The van der Waals surface area contributed by atoms with Crippen molar-refractivity contribution >= 4 is 5.97 Å². The Morgan fingerprint density at radius 2 is 1.95 bits per heavy atom. The number of likely N-dealkylation sites (tertiary alicyclic amines) is 1. The van der Waals surface area contributed by atoms with E-state index in [-0.39, 0.29) is 23.3 Å². The Morgan fingerprint density at radius 3 is 2.50 bits per heavy atom. The van der Waals surface area contributed by atoms with Gasteiger partial charge in [0, 0.05) is 12.6 Å². The second-order valence-corrected chi connectivity index (χ2v) is 8.02.